The van der Waals surface area contributed by atoms with Crippen molar-refractivity contribution in [2.24, 2.45) is 11.8 Å². The molecule has 0 radical (unpaired) electrons. The van der Waals surface area contributed by atoms with Crippen LogP contribution in [0.2, 0.25) is 0 Å². The van der Waals surface area contributed by atoms with Gasteiger partial charge in [-0.1, -0.05) is 20.3 Å². The maximum absolute atomic E-state index is 6.03. The van der Waals surface area contributed by atoms with Crippen LogP contribution in [0.15, 0.2) is 0 Å². The van der Waals surface area contributed by atoms with E-state index in [0.717, 1.165) is 18.4 Å². The van der Waals surface area contributed by atoms with Crippen molar-refractivity contribution < 1.29 is 4.74 Å². The highest BCUT2D eigenvalue weighted by Gasteiger charge is 2.44. The van der Waals surface area contributed by atoms with Gasteiger partial charge in [0.2, 0.25) is 0 Å². The van der Waals surface area contributed by atoms with Crippen molar-refractivity contribution in [3.63, 3.8) is 0 Å². The molecule has 2 heteroatoms. The predicted octanol–water partition coefficient (Wildman–Crippen LogP) is 3.36. The fraction of sp³-hybridized carbons (Fsp3) is 1.00. The Hall–Kier alpha value is -0.0800. The van der Waals surface area contributed by atoms with Gasteiger partial charge in [0.1, 0.15) is 0 Å². The highest BCUT2D eigenvalue weighted by molar-refractivity contribution is 4.96. The molecule has 3 atom stereocenters. The lowest BCUT2D eigenvalue weighted by atomic mass is 9.69. The van der Waals surface area contributed by atoms with Crippen molar-refractivity contribution in [3.05, 3.63) is 0 Å². The van der Waals surface area contributed by atoms with Crippen LogP contribution in [0.1, 0.15) is 58.8 Å². The molecule has 2 rings (SSSR count). The van der Waals surface area contributed by atoms with Crippen molar-refractivity contribution in [2.45, 2.75) is 70.4 Å². The van der Waals surface area contributed by atoms with E-state index in [1.165, 1.54) is 44.9 Å². The summed E-state index contributed by atoms with van der Waals surface area (Å²) in [6.45, 7) is 5.67. The number of nitrogens with one attached hydrogen (secondary N) is 1. The van der Waals surface area contributed by atoms with E-state index in [0.29, 0.717) is 11.6 Å². The summed E-state index contributed by atoms with van der Waals surface area (Å²) in [5, 5.41) is 3.57. The first-order chi connectivity index (χ1) is 8.19. The summed E-state index contributed by atoms with van der Waals surface area (Å²) in [4.78, 5) is 0. The van der Waals surface area contributed by atoms with Gasteiger partial charge in [0, 0.05) is 12.6 Å². The van der Waals surface area contributed by atoms with Gasteiger partial charge in [-0.3, -0.25) is 0 Å². The van der Waals surface area contributed by atoms with Gasteiger partial charge in [0.15, 0.2) is 0 Å². The highest BCUT2D eigenvalue weighted by atomic mass is 16.5. The maximum atomic E-state index is 6.03. The van der Waals surface area contributed by atoms with Crippen LogP contribution in [-0.2, 0) is 4.74 Å². The smallest absolute Gasteiger partial charge is 0.0685 e. The van der Waals surface area contributed by atoms with E-state index in [1.54, 1.807) is 0 Å². The SMILES string of the molecule is CCC(C)CC(NC)C1CCOC2(CCC2)C1. The first-order valence-corrected chi connectivity index (χ1v) is 7.50. The zero-order valence-corrected chi connectivity index (χ0v) is 11.8. The third-order valence-corrected chi connectivity index (χ3v) is 5.09. The summed E-state index contributed by atoms with van der Waals surface area (Å²) in [5.41, 5.74) is 0.299. The molecule has 0 aromatic carbocycles. The molecule has 2 fully saturated rings. The van der Waals surface area contributed by atoms with E-state index in [4.69, 9.17) is 4.74 Å². The maximum Gasteiger partial charge on any atom is 0.0685 e. The van der Waals surface area contributed by atoms with Gasteiger partial charge in [-0.2, -0.15) is 0 Å². The van der Waals surface area contributed by atoms with Gasteiger partial charge in [-0.25, -0.2) is 0 Å². The van der Waals surface area contributed by atoms with E-state index in [9.17, 15) is 0 Å². The monoisotopic (exact) mass is 239 g/mol. The van der Waals surface area contributed by atoms with E-state index in [-0.39, 0.29) is 0 Å². The van der Waals surface area contributed by atoms with Gasteiger partial charge >= 0.3 is 0 Å². The minimum Gasteiger partial charge on any atom is -0.375 e. The van der Waals surface area contributed by atoms with Crippen LogP contribution in [0.5, 0.6) is 0 Å². The zero-order chi connectivity index (χ0) is 12.3. The summed E-state index contributed by atoms with van der Waals surface area (Å²) < 4.78 is 6.03. The minimum atomic E-state index is 0.299. The molecule has 1 aliphatic carbocycles. The second-order valence-electron chi connectivity index (χ2n) is 6.28. The van der Waals surface area contributed by atoms with E-state index in [1.807, 2.05) is 0 Å². The van der Waals surface area contributed by atoms with Crippen LogP contribution in [-0.4, -0.2) is 25.3 Å². The molecule has 1 heterocycles. The number of rotatable bonds is 5. The number of hydrogen-bond donors (Lipinski definition) is 1. The molecule has 1 spiro atoms. The van der Waals surface area contributed by atoms with Crippen molar-refractivity contribution in [3.8, 4) is 0 Å². The predicted molar refractivity (Wildman–Crippen MR) is 72.2 cm³/mol. The lowest BCUT2D eigenvalue weighted by molar-refractivity contribution is -0.147. The van der Waals surface area contributed by atoms with Crippen LogP contribution < -0.4 is 5.32 Å². The van der Waals surface area contributed by atoms with Gasteiger partial charge in [0.05, 0.1) is 5.60 Å². The largest absolute Gasteiger partial charge is 0.375 e. The van der Waals surface area contributed by atoms with Crippen LogP contribution >= 0.6 is 0 Å². The molecule has 2 nitrogen and oxygen atoms in total. The van der Waals surface area contributed by atoms with Crippen LogP contribution in [0.4, 0.5) is 0 Å². The molecule has 17 heavy (non-hydrogen) atoms. The standard InChI is InChI=1S/C15H29NO/c1-4-12(2)10-14(16-3)13-6-9-17-15(11-13)7-5-8-15/h12-14,16H,4-11H2,1-3H3. The molecule has 0 bridgehead atoms. The summed E-state index contributed by atoms with van der Waals surface area (Å²) in [6.07, 6.45) is 9.17. The molecule has 100 valence electrons. The summed E-state index contributed by atoms with van der Waals surface area (Å²) in [6, 6.07) is 0.700. The van der Waals surface area contributed by atoms with E-state index in [2.05, 4.69) is 26.2 Å². The minimum absolute atomic E-state index is 0.299. The van der Waals surface area contributed by atoms with Gasteiger partial charge in [0.25, 0.3) is 0 Å². The molecule has 0 aromatic rings. The quantitative estimate of drug-likeness (QED) is 0.794. The first kappa shape index (κ1) is 13.4. The van der Waals surface area contributed by atoms with Gasteiger partial charge in [-0.15, -0.1) is 0 Å². The molecule has 0 amide bonds. The molecule has 2 aliphatic rings. The third kappa shape index (κ3) is 3.03. The second kappa shape index (κ2) is 5.71. The molecule has 1 saturated carbocycles. The fourth-order valence-corrected chi connectivity index (χ4v) is 3.47. The normalized spacial score (nSPS) is 30.9. The Morgan fingerprint density at radius 1 is 1.41 bits per heavy atom. The van der Waals surface area contributed by atoms with Crippen molar-refractivity contribution >= 4 is 0 Å². The average Bonchev–Trinajstić information content (AvgIpc) is 2.33. The highest BCUT2D eigenvalue weighted by Crippen LogP contribution is 2.45. The van der Waals surface area contributed by atoms with Gasteiger partial charge in [-0.05, 0) is 57.4 Å². The molecular formula is C15H29NO. The molecule has 0 aromatic heterocycles. The average molecular weight is 239 g/mol. The number of ether oxygens (including phenoxy) is 1. The second-order valence-corrected chi connectivity index (χ2v) is 6.28. The summed E-state index contributed by atoms with van der Waals surface area (Å²) >= 11 is 0. The molecule has 1 N–H and O–H groups in total. The summed E-state index contributed by atoms with van der Waals surface area (Å²) in [5.74, 6) is 1.68. The number of hydrogen-bond acceptors (Lipinski definition) is 2. The van der Waals surface area contributed by atoms with E-state index < -0.39 is 0 Å². The summed E-state index contributed by atoms with van der Waals surface area (Å²) in [7, 11) is 2.13. The molecular weight excluding hydrogens is 210 g/mol. The Labute approximate surface area is 107 Å². The lowest BCUT2D eigenvalue weighted by Crippen LogP contribution is -2.50. The van der Waals surface area contributed by atoms with E-state index >= 15 is 0 Å². The third-order valence-electron chi connectivity index (χ3n) is 5.09. The van der Waals surface area contributed by atoms with Crippen molar-refractivity contribution in [1.82, 2.24) is 5.32 Å². The topological polar surface area (TPSA) is 21.3 Å². The fourth-order valence-electron chi connectivity index (χ4n) is 3.47. The van der Waals surface area contributed by atoms with Gasteiger partial charge < -0.3 is 10.1 Å². The first-order valence-electron chi connectivity index (χ1n) is 7.50. The Balaban J connectivity index is 1.89. The lowest BCUT2D eigenvalue weighted by Gasteiger charge is -2.49. The van der Waals surface area contributed by atoms with Crippen LogP contribution in [0.3, 0.4) is 0 Å². The Morgan fingerprint density at radius 3 is 2.71 bits per heavy atom. The Morgan fingerprint density at radius 2 is 2.18 bits per heavy atom. The molecule has 1 saturated heterocycles. The Kier molecular flexibility index (Phi) is 4.48. The van der Waals surface area contributed by atoms with Crippen LogP contribution in [0, 0.1) is 11.8 Å². The molecule has 1 aliphatic heterocycles. The molecule has 3 unspecified atom stereocenters. The van der Waals surface area contributed by atoms with Crippen molar-refractivity contribution in [1.29, 1.82) is 0 Å². The zero-order valence-electron chi connectivity index (χ0n) is 11.8. The van der Waals surface area contributed by atoms with Crippen LogP contribution in [0.25, 0.3) is 0 Å². The Bertz CT molecular complexity index is 237. The van der Waals surface area contributed by atoms with Crippen molar-refractivity contribution in [2.75, 3.05) is 13.7 Å².